The molecule has 15 heavy (non-hydrogen) atoms. The largest absolute Gasteiger partial charge is 0.0620 e. The van der Waals surface area contributed by atoms with E-state index in [-0.39, 0.29) is 0 Å². The normalized spacial score (nSPS) is 25.1. The molecule has 2 aromatic rings. The van der Waals surface area contributed by atoms with E-state index in [1.807, 2.05) is 0 Å². The van der Waals surface area contributed by atoms with Gasteiger partial charge in [-0.15, -0.1) is 0 Å². The zero-order chi connectivity index (χ0) is 9.83. The van der Waals surface area contributed by atoms with Crippen LogP contribution < -0.4 is 0 Å². The zero-order valence-electron chi connectivity index (χ0n) is 8.48. The molecule has 0 fully saturated rings. The summed E-state index contributed by atoms with van der Waals surface area (Å²) in [5, 5.41) is 0. The number of benzene rings is 2. The molecule has 2 bridgehead atoms. The van der Waals surface area contributed by atoms with Crippen LogP contribution in [0.2, 0.25) is 0 Å². The molecule has 0 saturated carbocycles. The van der Waals surface area contributed by atoms with E-state index >= 15 is 0 Å². The second-order valence-electron chi connectivity index (χ2n) is 4.60. The van der Waals surface area contributed by atoms with Crippen molar-refractivity contribution in [1.82, 2.24) is 0 Å². The molecule has 0 nitrogen and oxygen atoms in total. The third-order valence-electron chi connectivity index (χ3n) is 3.97. The fourth-order valence-corrected chi connectivity index (χ4v) is 3.37. The van der Waals surface area contributed by atoms with Crippen molar-refractivity contribution in [2.75, 3.05) is 0 Å². The minimum atomic E-state index is 0.683. The molecule has 0 aliphatic heterocycles. The average molecular weight is 192 g/mol. The van der Waals surface area contributed by atoms with E-state index in [9.17, 15) is 0 Å². The number of fused-ring (bicyclic) bond motifs is 8. The van der Waals surface area contributed by atoms with Crippen molar-refractivity contribution in [2.24, 2.45) is 0 Å². The summed E-state index contributed by atoms with van der Waals surface area (Å²) in [6.07, 6.45) is 1.30. The highest BCUT2D eigenvalue weighted by Crippen LogP contribution is 2.55. The van der Waals surface area contributed by atoms with Gasteiger partial charge in [0.1, 0.15) is 0 Å². The van der Waals surface area contributed by atoms with E-state index in [0.717, 1.165) is 0 Å². The van der Waals surface area contributed by atoms with Gasteiger partial charge in [0.05, 0.1) is 0 Å². The van der Waals surface area contributed by atoms with Crippen LogP contribution in [0.3, 0.4) is 0 Å². The van der Waals surface area contributed by atoms with E-state index in [0.29, 0.717) is 11.8 Å². The Kier molecular flexibility index (Phi) is 1.29. The Morgan fingerprint density at radius 1 is 0.600 bits per heavy atom. The molecule has 0 radical (unpaired) electrons. The molecule has 0 N–H and O–H groups in total. The summed E-state index contributed by atoms with van der Waals surface area (Å²) < 4.78 is 0. The van der Waals surface area contributed by atoms with E-state index in [2.05, 4.69) is 48.5 Å². The highest BCUT2D eigenvalue weighted by molar-refractivity contribution is 5.58. The highest BCUT2D eigenvalue weighted by atomic mass is 14.4. The minimum Gasteiger partial charge on any atom is -0.0620 e. The van der Waals surface area contributed by atoms with Crippen LogP contribution in [0.15, 0.2) is 48.5 Å². The quantitative estimate of drug-likeness (QED) is 0.597. The van der Waals surface area contributed by atoms with Gasteiger partial charge in [0, 0.05) is 11.8 Å². The molecule has 0 amide bonds. The predicted octanol–water partition coefficient (Wildman–Crippen LogP) is 3.67. The molecule has 0 unspecified atom stereocenters. The van der Waals surface area contributed by atoms with E-state index < -0.39 is 0 Å². The Balaban J connectivity index is 2.02. The Labute approximate surface area is 89.6 Å². The Morgan fingerprint density at radius 2 is 0.933 bits per heavy atom. The summed E-state index contributed by atoms with van der Waals surface area (Å²) in [4.78, 5) is 0. The zero-order valence-corrected chi connectivity index (χ0v) is 8.48. The Morgan fingerprint density at radius 3 is 1.27 bits per heavy atom. The molecule has 72 valence electrons. The third-order valence-corrected chi connectivity index (χ3v) is 3.97. The summed E-state index contributed by atoms with van der Waals surface area (Å²) in [6.45, 7) is 0. The first-order valence-electron chi connectivity index (χ1n) is 5.63. The predicted molar refractivity (Wildman–Crippen MR) is 61.2 cm³/mol. The van der Waals surface area contributed by atoms with Gasteiger partial charge in [-0.05, 0) is 28.7 Å². The molecule has 0 saturated heterocycles. The van der Waals surface area contributed by atoms with Crippen LogP contribution in [0.4, 0.5) is 0 Å². The molecule has 2 aliphatic rings. The summed E-state index contributed by atoms with van der Waals surface area (Å²) in [5.74, 6) is 1.37. The van der Waals surface area contributed by atoms with Gasteiger partial charge in [-0.3, -0.25) is 0 Å². The van der Waals surface area contributed by atoms with Crippen LogP contribution >= 0.6 is 0 Å². The lowest BCUT2D eigenvalue weighted by Crippen LogP contribution is -2.01. The Hall–Kier alpha value is -1.56. The lowest BCUT2D eigenvalue weighted by molar-refractivity contribution is 0.796. The van der Waals surface area contributed by atoms with E-state index in [1.54, 1.807) is 22.3 Å². The van der Waals surface area contributed by atoms with Crippen molar-refractivity contribution < 1.29 is 0 Å². The Bertz CT molecular complexity index is 444. The van der Waals surface area contributed by atoms with Crippen LogP contribution in [0.1, 0.15) is 40.5 Å². The van der Waals surface area contributed by atoms with Gasteiger partial charge in [-0.2, -0.15) is 0 Å². The van der Waals surface area contributed by atoms with E-state index in [1.165, 1.54) is 6.42 Å². The van der Waals surface area contributed by atoms with Gasteiger partial charge in [0.15, 0.2) is 0 Å². The van der Waals surface area contributed by atoms with Gasteiger partial charge in [0.2, 0.25) is 0 Å². The molecule has 2 aliphatic carbocycles. The molecule has 2 aromatic carbocycles. The average Bonchev–Trinajstić information content (AvgIpc) is 2.86. The van der Waals surface area contributed by atoms with Gasteiger partial charge < -0.3 is 0 Å². The van der Waals surface area contributed by atoms with Crippen molar-refractivity contribution >= 4 is 0 Å². The van der Waals surface area contributed by atoms with Crippen LogP contribution in [0.5, 0.6) is 0 Å². The number of hydrogen-bond acceptors (Lipinski definition) is 0. The van der Waals surface area contributed by atoms with Gasteiger partial charge in [-0.1, -0.05) is 48.5 Å². The lowest BCUT2D eigenvalue weighted by Gasteiger charge is -2.18. The number of hydrogen-bond donors (Lipinski definition) is 0. The van der Waals surface area contributed by atoms with Crippen LogP contribution in [-0.4, -0.2) is 0 Å². The lowest BCUT2D eigenvalue weighted by atomic mass is 9.86. The molecule has 4 rings (SSSR count). The molecule has 0 atom stereocenters. The second-order valence-corrected chi connectivity index (χ2v) is 4.60. The topological polar surface area (TPSA) is 0 Å². The standard InChI is InChI=1S/C15H12/c1-2-6-11-10(5-1)14-9-15(11)13-8-4-3-7-12(13)14/h1-8,14-15H,9H2. The monoisotopic (exact) mass is 192 g/mol. The van der Waals surface area contributed by atoms with Crippen molar-refractivity contribution in [3.8, 4) is 0 Å². The maximum Gasteiger partial charge on any atom is 0.0104 e. The fourth-order valence-electron chi connectivity index (χ4n) is 3.37. The maximum atomic E-state index is 2.30. The van der Waals surface area contributed by atoms with Crippen molar-refractivity contribution in [2.45, 2.75) is 18.3 Å². The fraction of sp³-hybridized carbons (Fsp3) is 0.200. The first-order valence-corrected chi connectivity index (χ1v) is 5.63. The van der Waals surface area contributed by atoms with Crippen molar-refractivity contribution in [3.63, 3.8) is 0 Å². The molecule has 0 spiro atoms. The summed E-state index contributed by atoms with van der Waals surface area (Å²) in [5.41, 5.74) is 6.28. The molecule has 0 heterocycles. The van der Waals surface area contributed by atoms with Crippen molar-refractivity contribution in [3.05, 3.63) is 70.8 Å². The van der Waals surface area contributed by atoms with Gasteiger partial charge in [-0.25, -0.2) is 0 Å². The molecular weight excluding hydrogens is 180 g/mol. The first kappa shape index (κ1) is 7.70. The maximum absolute atomic E-state index is 2.30. The molecular formula is C15H12. The molecule has 0 aromatic heterocycles. The number of rotatable bonds is 0. The summed E-state index contributed by atoms with van der Waals surface area (Å²) in [7, 11) is 0. The van der Waals surface area contributed by atoms with E-state index in [4.69, 9.17) is 0 Å². The van der Waals surface area contributed by atoms with Gasteiger partial charge >= 0.3 is 0 Å². The van der Waals surface area contributed by atoms with Crippen molar-refractivity contribution in [1.29, 1.82) is 0 Å². The highest BCUT2D eigenvalue weighted by Gasteiger charge is 2.40. The smallest absolute Gasteiger partial charge is 0.0104 e. The minimum absolute atomic E-state index is 0.683. The van der Waals surface area contributed by atoms with Crippen LogP contribution in [-0.2, 0) is 0 Å². The van der Waals surface area contributed by atoms with Crippen LogP contribution in [0.25, 0.3) is 0 Å². The first-order chi connectivity index (χ1) is 7.45. The van der Waals surface area contributed by atoms with Crippen LogP contribution in [0, 0.1) is 0 Å². The van der Waals surface area contributed by atoms with Gasteiger partial charge in [0.25, 0.3) is 0 Å². The summed E-state index contributed by atoms with van der Waals surface area (Å²) in [6, 6.07) is 17.9. The SMILES string of the molecule is c1ccc2c(c1)C1CC2c2ccccc21. The summed E-state index contributed by atoms with van der Waals surface area (Å²) >= 11 is 0. The second kappa shape index (κ2) is 2.52. The molecule has 0 heteroatoms. The third kappa shape index (κ3) is 0.829.